The van der Waals surface area contributed by atoms with E-state index < -0.39 is 6.09 Å². The van der Waals surface area contributed by atoms with E-state index >= 15 is 0 Å². The van der Waals surface area contributed by atoms with E-state index in [0.717, 1.165) is 5.69 Å². The summed E-state index contributed by atoms with van der Waals surface area (Å²) in [6, 6.07) is 9.63. The number of anilines is 1. The molecule has 5 heteroatoms. The van der Waals surface area contributed by atoms with Crippen molar-refractivity contribution in [3.8, 4) is 0 Å². The van der Waals surface area contributed by atoms with Crippen molar-refractivity contribution in [3.63, 3.8) is 0 Å². The lowest BCUT2D eigenvalue weighted by molar-refractivity contribution is 0.176. The molecule has 3 N–H and O–H groups in total. The summed E-state index contributed by atoms with van der Waals surface area (Å²) in [6.45, 7) is 0.332. The van der Waals surface area contributed by atoms with Crippen molar-refractivity contribution >= 4 is 11.8 Å². The summed E-state index contributed by atoms with van der Waals surface area (Å²) in [7, 11) is 0. The van der Waals surface area contributed by atoms with Gasteiger partial charge in [0.05, 0.1) is 0 Å². The van der Waals surface area contributed by atoms with Gasteiger partial charge in [-0.15, -0.1) is 0 Å². The molecule has 1 amide bonds. The molecule has 5 nitrogen and oxygen atoms in total. The van der Waals surface area contributed by atoms with E-state index in [9.17, 15) is 4.79 Å². The number of alkyl carbamates (subject to hydrolysis) is 1. The van der Waals surface area contributed by atoms with Gasteiger partial charge < -0.3 is 15.5 Å². The SMILES string of the molecule is O=C1NC(NNc2ccccc2)CO1. The molecule has 1 aromatic rings. The van der Waals surface area contributed by atoms with E-state index in [4.69, 9.17) is 4.74 Å². The fourth-order valence-corrected chi connectivity index (χ4v) is 1.15. The number of nitrogens with one attached hydrogen (secondary N) is 3. The smallest absolute Gasteiger partial charge is 0.408 e. The Kier molecular flexibility index (Phi) is 2.51. The number of carbonyl (C=O) groups excluding carboxylic acids is 1. The van der Waals surface area contributed by atoms with E-state index in [-0.39, 0.29) is 6.17 Å². The first kappa shape index (κ1) is 8.83. The normalized spacial score (nSPS) is 20.0. The third-order valence-corrected chi connectivity index (χ3v) is 1.84. The molecule has 14 heavy (non-hydrogen) atoms. The molecule has 0 aliphatic carbocycles. The molecular formula is C9H11N3O2. The first-order valence-electron chi connectivity index (χ1n) is 4.34. The van der Waals surface area contributed by atoms with Gasteiger partial charge in [0.25, 0.3) is 0 Å². The van der Waals surface area contributed by atoms with Crippen molar-refractivity contribution in [1.82, 2.24) is 10.7 Å². The monoisotopic (exact) mass is 193 g/mol. The predicted octanol–water partition coefficient (Wildman–Crippen LogP) is 0.669. The number of amides is 1. The summed E-state index contributed by atoms with van der Waals surface area (Å²) in [6.07, 6.45) is -0.569. The zero-order chi connectivity index (χ0) is 9.80. The largest absolute Gasteiger partial charge is 0.446 e. The van der Waals surface area contributed by atoms with Gasteiger partial charge in [-0.2, -0.15) is 0 Å². The van der Waals surface area contributed by atoms with Gasteiger partial charge in [0.1, 0.15) is 12.8 Å². The van der Waals surface area contributed by atoms with Crippen molar-refractivity contribution in [2.75, 3.05) is 12.0 Å². The number of rotatable bonds is 3. The molecule has 2 rings (SSSR count). The quantitative estimate of drug-likeness (QED) is 0.617. The van der Waals surface area contributed by atoms with Gasteiger partial charge in [0.2, 0.25) is 0 Å². The van der Waals surface area contributed by atoms with Crippen molar-refractivity contribution in [2.45, 2.75) is 6.17 Å². The van der Waals surface area contributed by atoms with Gasteiger partial charge in [0.15, 0.2) is 0 Å². The van der Waals surface area contributed by atoms with Crippen molar-refractivity contribution < 1.29 is 9.53 Å². The lowest BCUT2D eigenvalue weighted by Gasteiger charge is -2.12. The van der Waals surface area contributed by atoms with Crippen LogP contribution in [0.3, 0.4) is 0 Å². The van der Waals surface area contributed by atoms with Crippen LogP contribution in [0.25, 0.3) is 0 Å². The molecule has 0 bridgehead atoms. The molecule has 74 valence electrons. The van der Waals surface area contributed by atoms with Gasteiger partial charge in [-0.3, -0.25) is 0 Å². The number of para-hydroxylation sites is 1. The summed E-state index contributed by atoms with van der Waals surface area (Å²) in [5, 5.41) is 2.59. The minimum absolute atomic E-state index is 0.178. The third kappa shape index (κ3) is 2.14. The third-order valence-electron chi connectivity index (χ3n) is 1.84. The minimum atomic E-state index is -0.391. The molecule has 1 aromatic carbocycles. The highest BCUT2D eigenvalue weighted by atomic mass is 16.6. The van der Waals surface area contributed by atoms with Crippen LogP contribution in [0.4, 0.5) is 10.5 Å². The van der Waals surface area contributed by atoms with E-state index in [1.807, 2.05) is 30.3 Å². The number of hydrogen-bond donors (Lipinski definition) is 3. The first-order valence-corrected chi connectivity index (χ1v) is 4.34. The van der Waals surface area contributed by atoms with Gasteiger partial charge in [-0.05, 0) is 12.1 Å². The lowest BCUT2D eigenvalue weighted by atomic mass is 10.3. The number of ether oxygens (including phenoxy) is 1. The maximum absolute atomic E-state index is 10.7. The zero-order valence-corrected chi connectivity index (χ0v) is 7.49. The Morgan fingerprint density at radius 3 is 2.79 bits per heavy atom. The highest BCUT2D eigenvalue weighted by Crippen LogP contribution is 2.03. The van der Waals surface area contributed by atoms with Gasteiger partial charge >= 0.3 is 6.09 Å². The van der Waals surface area contributed by atoms with Crippen LogP contribution >= 0.6 is 0 Å². The van der Waals surface area contributed by atoms with Crippen LogP contribution in [0, 0.1) is 0 Å². The zero-order valence-electron chi connectivity index (χ0n) is 7.49. The van der Waals surface area contributed by atoms with E-state index in [0.29, 0.717) is 6.61 Å². The molecule has 1 unspecified atom stereocenters. The second-order valence-corrected chi connectivity index (χ2v) is 2.93. The second kappa shape index (κ2) is 3.97. The Bertz CT molecular complexity index is 315. The molecule has 0 saturated carbocycles. The maximum Gasteiger partial charge on any atom is 0.408 e. The number of hydrogen-bond acceptors (Lipinski definition) is 4. The topological polar surface area (TPSA) is 62.4 Å². The van der Waals surface area contributed by atoms with E-state index in [2.05, 4.69) is 16.2 Å². The number of carbonyl (C=O) groups is 1. The van der Waals surface area contributed by atoms with Crippen molar-refractivity contribution in [3.05, 3.63) is 30.3 Å². The highest BCUT2D eigenvalue weighted by Gasteiger charge is 2.20. The molecule has 1 aliphatic heterocycles. The van der Waals surface area contributed by atoms with Crippen LogP contribution in [0.15, 0.2) is 30.3 Å². The molecular weight excluding hydrogens is 182 g/mol. The summed E-state index contributed by atoms with van der Waals surface area (Å²) in [4.78, 5) is 10.7. The van der Waals surface area contributed by atoms with E-state index in [1.54, 1.807) is 0 Å². The first-order chi connectivity index (χ1) is 6.84. The Hall–Kier alpha value is -1.75. The lowest BCUT2D eigenvalue weighted by Crippen LogP contribution is -2.43. The number of hydrazine groups is 1. The summed E-state index contributed by atoms with van der Waals surface area (Å²) in [5.74, 6) is 0. The predicted molar refractivity (Wildman–Crippen MR) is 51.5 cm³/mol. The Morgan fingerprint density at radius 1 is 1.36 bits per heavy atom. The molecule has 1 heterocycles. The molecule has 0 radical (unpaired) electrons. The average molecular weight is 193 g/mol. The van der Waals surface area contributed by atoms with Gasteiger partial charge in [-0.25, -0.2) is 10.2 Å². The van der Waals surface area contributed by atoms with Crippen molar-refractivity contribution in [1.29, 1.82) is 0 Å². The van der Waals surface area contributed by atoms with Crippen LogP contribution in [-0.4, -0.2) is 18.9 Å². The Labute approximate surface area is 81.4 Å². The van der Waals surface area contributed by atoms with Gasteiger partial charge in [0, 0.05) is 5.69 Å². The Morgan fingerprint density at radius 2 is 2.14 bits per heavy atom. The summed E-state index contributed by atoms with van der Waals surface area (Å²) < 4.78 is 4.70. The average Bonchev–Trinajstić information content (AvgIpc) is 2.63. The Balaban J connectivity index is 1.80. The fourth-order valence-electron chi connectivity index (χ4n) is 1.15. The summed E-state index contributed by atoms with van der Waals surface area (Å²) in [5.41, 5.74) is 6.82. The van der Waals surface area contributed by atoms with E-state index in [1.165, 1.54) is 0 Å². The second-order valence-electron chi connectivity index (χ2n) is 2.93. The molecule has 0 spiro atoms. The molecule has 1 atom stereocenters. The highest BCUT2D eigenvalue weighted by molar-refractivity contribution is 5.69. The fraction of sp³-hybridized carbons (Fsp3) is 0.222. The molecule has 0 aromatic heterocycles. The summed E-state index contributed by atoms with van der Waals surface area (Å²) >= 11 is 0. The maximum atomic E-state index is 10.7. The standard InChI is InChI=1S/C9H11N3O2/c13-9-10-8(6-14-9)12-11-7-4-2-1-3-5-7/h1-5,8,11-12H,6H2,(H,10,13). The van der Waals surface area contributed by atoms with Crippen molar-refractivity contribution in [2.24, 2.45) is 0 Å². The van der Waals surface area contributed by atoms with Crippen LogP contribution in [0.1, 0.15) is 0 Å². The van der Waals surface area contributed by atoms with Crippen LogP contribution in [0.5, 0.6) is 0 Å². The number of cyclic esters (lactones) is 1. The molecule has 1 saturated heterocycles. The van der Waals surface area contributed by atoms with Crippen LogP contribution in [-0.2, 0) is 4.74 Å². The van der Waals surface area contributed by atoms with Gasteiger partial charge in [-0.1, -0.05) is 18.2 Å². The molecule has 1 fully saturated rings. The minimum Gasteiger partial charge on any atom is -0.446 e. The molecule has 1 aliphatic rings. The number of benzene rings is 1. The van der Waals surface area contributed by atoms with Crippen LogP contribution < -0.4 is 16.2 Å². The van der Waals surface area contributed by atoms with Crippen LogP contribution in [0.2, 0.25) is 0 Å².